The van der Waals surface area contributed by atoms with Crippen LogP contribution in [0.15, 0.2) is 60.7 Å². The largest absolute Gasteiger partial charge is 0.373 e. The first-order valence-electron chi connectivity index (χ1n) is 13.1. The zero-order chi connectivity index (χ0) is 27.9. The van der Waals surface area contributed by atoms with Gasteiger partial charge in [-0.05, 0) is 78.6 Å². The number of halogens is 6. The summed E-state index contributed by atoms with van der Waals surface area (Å²) in [6.07, 6.45) is 5.22. The molecule has 1 aliphatic rings. The SMILES string of the molecule is CCCC1CCC(c2ccc(-c3ccc(C=Cc4cc(F)c(CC=CC(F)F)c(F)c4)c(F)c3)c(F)c2)OC1. The molecule has 0 aromatic heterocycles. The number of allylic oxidation sites excluding steroid dienone is 2. The maximum absolute atomic E-state index is 15.0. The Bertz CT molecular complexity index is 1320. The molecule has 0 saturated carbocycles. The first-order valence-corrected chi connectivity index (χ1v) is 13.1. The second-order valence-corrected chi connectivity index (χ2v) is 9.79. The summed E-state index contributed by atoms with van der Waals surface area (Å²) >= 11 is 0. The molecule has 2 unspecified atom stereocenters. The van der Waals surface area contributed by atoms with E-state index < -0.39 is 29.7 Å². The first-order chi connectivity index (χ1) is 18.7. The van der Waals surface area contributed by atoms with Crippen molar-refractivity contribution < 1.29 is 31.1 Å². The molecule has 1 fully saturated rings. The molecule has 4 rings (SSSR count). The lowest BCUT2D eigenvalue weighted by Gasteiger charge is -2.29. The van der Waals surface area contributed by atoms with Gasteiger partial charge < -0.3 is 4.74 Å². The van der Waals surface area contributed by atoms with Gasteiger partial charge in [0.25, 0.3) is 6.43 Å². The molecule has 1 saturated heterocycles. The lowest BCUT2D eigenvalue weighted by Crippen LogP contribution is -2.20. The predicted molar refractivity (Wildman–Crippen MR) is 142 cm³/mol. The van der Waals surface area contributed by atoms with Gasteiger partial charge in [-0.15, -0.1) is 0 Å². The number of benzene rings is 3. The van der Waals surface area contributed by atoms with Crippen molar-refractivity contribution in [3.05, 3.63) is 106 Å². The van der Waals surface area contributed by atoms with Crippen LogP contribution in [0.3, 0.4) is 0 Å². The zero-order valence-electron chi connectivity index (χ0n) is 21.6. The smallest absolute Gasteiger partial charge is 0.257 e. The molecule has 0 N–H and O–H groups in total. The average Bonchev–Trinajstić information content (AvgIpc) is 2.90. The second kappa shape index (κ2) is 13.2. The number of hydrogen-bond acceptors (Lipinski definition) is 1. The fourth-order valence-electron chi connectivity index (χ4n) is 4.89. The molecular weight excluding hydrogens is 514 g/mol. The van der Waals surface area contributed by atoms with E-state index in [0.29, 0.717) is 24.2 Å². The Morgan fingerprint density at radius 3 is 2.26 bits per heavy atom. The molecule has 0 bridgehead atoms. The van der Waals surface area contributed by atoms with Crippen molar-refractivity contribution in [1.29, 1.82) is 0 Å². The van der Waals surface area contributed by atoms with Crippen molar-refractivity contribution in [3.8, 4) is 11.1 Å². The lowest BCUT2D eigenvalue weighted by atomic mass is 9.91. The van der Waals surface area contributed by atoms with E-state index in [0.717, 1.165) is 49.5 Å². The summed E-state index contributed by atoms with van der Waals surface area (Å²) in [6.45, 7) is 2.82. The van der Waals surface area contributed by atoms with Crippen LogP contribution in [-0.2, 0) is 11.2 Å². The third-order valence-corrected chi connectivity index (χ3v) is 6.97. The van der Waals surface area contributed by atoms with Gasteiger partial charge in [-0.3, -0.25) is 0 Å². The fourth-order valence-corrected chi connectivity index (χ4v) is 4.89. The summed E-state index contributed by atoms with van der Waals surface area (Å²) in [5, 5.41) is 0. The highest BCUT2D eigenvalue weighted by molar-refractivity contribution is 5.73. The topological polar surface area (TPSA) is 9.23 Å². The minimum atomic E-state index is -2.70. The van der Waals surface area contributed by atoms with E-state index in [-0.39, 0.29) is 34.8 Å². The van der Waals surface area contributed by atoms with Gasteiger partial charge in [-0.2, -0.15) is 0 Å². The minimum absolute atomic E-state index is 0.141. The van der Waals surface area contributed by atoms with E-state index in [1.165, 1.54) is 30.4 Å². The van der Waals surface area contributed by atoms with E-state index in [4.69, 9.17) is 4.74 Å². The van der Waals surface area contributed by atoms with E-state index in [1.54, 1.807) is 12.1 Å². The second-order valence-electron chi connectivity index (χ2n) is 9.79. The summed E-state index contributed by atoms with van der Waals surface area (Å²) in [5.41, 5.74) is 1.35. The van der Waals surface area contributed by atoms with Gasteiger partial charge in [0.1, 0.15) is 23.3 Å². The fraction of sp³-hybridized carbons (Fsp3) is 0.312. The van der Waals surface area contributed by atoms with Crippen LogP contribution < -0.4 is 0 Å². The van der Waals surface area contributed by atoms with E-state index in [1.807, 2.05) is 6.07 Å². The Kier molecular flexibility index (Phi) is 9.68. The van der Waals surface area contributed by atoms with E-state index >= 15 is 4.39 Å². The Balaban J connectivity index is 1.46. The minimum Gasteiger partial charge on any atom is -0.373 e. The normalized spacial score (nSPS) is 18.1. The molecule has 0 spiro atoms. The maximum atomic E-state index is 15.0. The van der Waals surface area contributed by atoms with Crippen LogP contribution in [0.2, 0.25) is 0 Å². The van der Waals surface area contributed by atoms with Crippen molar-refractivity contribution in [2.45, 2.75) is 51.6 Å². The highest BCUT2D eigenvalue weighted by Gasteiger charge is 2.23. The van der Waals surface area contributed by atoms with E-state index in [2.05, 4.69) is 6.92 Å². The molecule has 1 aliphatic heterocycles. The summed E-state index contributed by atoms with van der Waals surface area (Å²) in [6, 6.07) is 11.2. The summed E-state index contributed by atoms with van der Waals surface area (Å²) in [7, 11) is 0. The quantitative estimate of drug-likeness (QED) is 0.148. The zero-order valence-corrected chi connectivity index (χ0v) is 21.6. The summed E-state index contributed by atoms with van der Waals surface area (Å²) in [5.74, 6) is -2.32. The van der Waals surface area contributed by atoms with Crippen LogP contribution in [0.25, 0.3) is 23.3 Å². The third kappa shape index (κ3) is 7.41. The standard InChI is InChI=1S/C32H30F6O/c1-2-4-20-8-14-31(39-19-20)24-12-13-25(30(36)18-24)23-11-10-22(27(33)17-23)9-7-21-15-28(34)26(29(35)16-21)5-3-6-32(37)38/h3,6-7,9-13,15-18,20,31-32H,2,4-5,8,14,19H2,1H3. The van der Waals surface area contributed by atoms with Crippen LogP contribution in [-0.4, -0.2) is 13.0 Å². The molecule has 7 heteroatoms. The molecule has 39 heavy (non-hydrogen) atoms. The van der Waals surface area contributed by atoms with Gasteiger partial charge >= 0.3 is 0 Å². The Hall–Kier alpha value is -3.32. The van der Waals surface area contributed by atoms with Gasteiger partial charge in [0.2, 0.25) is 0 Å². The van der Waals surface area contributed by atoms with Crippen molar-refractivity contribution in [2.75, 3.05) is 6.61 Å². The molecule has 1 heterocycles. The van der Waals surface area contributed by atoms with Gasteiger partial charge in [0.05, 0.1) is 12.7 Å². The molecule has 0 aliphatic carbocycles. The first kappa shape index (κ1) is 28.7. The van der Waals surface area contributed by atoms with Gasteiger partial charge in [-0.25, -0.2) is 26.3 Å². The van der Waals surface area contributed by atoms with Crippen molar-refractivity contribution in [2.24, 2.45) is 5.92 Å². The van der Waals surface area contributed by atoms with Crippen LogP contribution in [0.4, 0.5) is 26.3 Å². The monoisotopic (exact) mass is 544 g/mol. The predicted octanol–water partition coefficient (Wildman–Crippen LogP) is 9.71. The van der Waals surface area contributed by atoms with E-state index in [9.17, 15) is 22.0 Å². The number of rotatable bonds is 9. The summed E-state index contributed by atoms with van der Waals surface area (Å²) in [4.78, 5) is 0. The van der Waals surface area contributed by atoms with Crippen molar-refractivity contribution >= 4 is 12.2 Å². The van der Waals surface area contributed by atoms with Crippen LogP contribution >= 0.6 is 0 Å². The van der Waals surface area contributed by atoms with Gasteiger partial charge in [-0.1, -0.05) is 55.8 Å². The average molecular weight is 545 g/mol. The third-order valence-electron chi connectivity index (χ3n) is 6.97. The Morgan fingerprint density at radius 2 is 1.64 bits per heavy atom. The van der Waals surface area contributed by atoms with Crippen molar-refractivity contribution in [3.63, 3.8) is 0 Å². The highest BCUT2D eigenvalue weighted by Crippen LogP contribution is 2.35. The van der Waals surface area contributed by atoms with Crippen LogP contribution in [0, 0.1) is 29.2 Å². The van der Waals surface area contributed by atoms with Gasteiger partial charge in [0, 0.05) is 16.7 Å². The molecular formula is C32H30F6O. The number of ether oxygens (including phenoxy) is 1. The molecule has 1 nitrogen and oxygen atoms in total. The Labute approximate surface area is 224 Å². The van der Waals surface area contributed by atoms with Gasteiger partial charge in [0.15, 0.2) is 0 Å². The number of alkyl halides is 2. The van der Waals surface area contributed by atoms with Crippen LogP contribution in [0.1, 0.15) is 61.0 Å². The highest BCUT2D eigenvalue weighted by atomic mass is 19.3. The molecule has 0 radical (unpaired) electrons. The van der Waals surface area contributed by atoms with Crippen molar-refractivity contribution in [1.82, 2.24) is 0 Å². The molecule has 206 valence electrons. The molecule has 3 aromatic carbocycles. The number of hydrogen-bond donors (Lipinski definition) is 0. The lowest BCUT2D eigenvalue weighted by molar-refractivity contribution is -0.0195. The molecule has 3 aromatic rings. The Morgan fingerprint density at radius 1 is 0.872 bits per heavy atom. The summed E-state index contributed by atoms with van der Waals surface area (Å²) < 4.78 is 88.9. The maximum Gasteiger partial charge on any atom is 0.257 e. The molecule has 2 atom stereocenters. The van der Waals surface area contributed by atoms with Crippen LogP contribution in [0.5, 0.6) is 0 Å². The molecule has 0 amide bonds.